The molecule has 3 rings (SSSR count). The van der Waals surface area contributed by atoms with Gasteiger partial charge >= 0.3 is 11.6 Å². The molecule has 0 saturated heterocycles. The zero-order chi connectivity index (χ0) is 19.6. The molecule has 0 spiro atoms. The minimum Gasteiger partial charge on any atom is -0.460 e. The van der Waals surface area contributed by atoms with Gasteiger partial charge in [-0.1, -0.05) is 12.1 Å². The molecule has 0 unspecified atom stereocenters. The monoisotopic (exact) mass is 390 g/mol. The SMILES string of the molecule is Cc1ccc2c(COC(=O)CSc3cc(F)ccc3F)cc(=O)oc2c1C. The van der Waals surface area contributed by atoms with E-state index in [1.807, 2.05) is 19.9 Å². The van der Waals surface area contributed by atoms with Crippen LogP contribution in [0.25, 0.3) is 11.0 Å². The maximum absolute atomic E-state index is 13.6. The third kappa shape index (κ3) is 4.36. The Labute approximate surface area is 158 Å². The number of halogens is 2. The van der Waals surface area contributed by atoms with Gasteiger partial charge in [0.2, 0.25) is 0 Å². The van der Waals surface area contributed by atoms with Crippen LogP contribution >= 0.6 is 11.8 Å². The molecule has 0 atom stereocenters. The maximum Gasteiger partial charge on any atom is 0.336 e. The van der Waals surface area contributed by atoms with Crippen LogP contribution < -0.4 is 5.63 Å². The zero-order valence-corrected chi connectivity index (χ0v) is 15.5. The highest BCUT2D eigenvalue weighted by atomic mass is 32.2. The molecule has 0 aliphatic heterocycles. The molecule has 4 nitrogen and oxygen atoms in total. The second-order valence-electron chi connectivity index (χ2n) is 6.00. The van der Waals surface area contributed by atoms with Crippen molar-refractivity contribution in [3.05, 3.63) is 75.1 Å². The number of carbonyl (C=O) groups is 1. The molecule has 7 heteroatoms. The smallest absolute Gasteiger partial charge is 0.336 e. The van der Waals surface area contributed by atoms with Crippen LogP contribution in [0, 0.1) is 25.5 Å². The van der Waals surface area contributed by atoms with Crippen molar-refractivity contribution in [1.29, 1.82) is 0 Å². The van der Waals surface area contributed by atoms with Crippen molar-refractivity contribution < 1.29 is 22.7 Å². The molecular weight excluding hydrogens is 374 g/mol. The van der Waals surface area contributed by atoms with Crippen LogP contribution in [0.4, 0.5) is 8.78 Å². The van der Waals surface area contributed by atoms with E-state index in [2.05, 4.69) is 0 Å². The molecular formula is C20H16F2O4S. The fraction of sp³-hybridized carbons (Fsp3) is 0.200. The van der Waals surface area contributed by atoms with Crippen LogP contribution in [0.3, 0.4) is 0 Å². The quantitative estimate of drug-likeness (QED) is 0.364. The van der Waals surface area contributed by atoms with E-state index in [1.165, 1.54) is 6.07 Å². The van der Waals surface area contributed by atoms with Gasteiger partial charge in [0.15, 0.2) is 0 Å². The summed E-state index contributed by atoms with van der Waals surface area (Å²) >= 11 is 0.846. The molecule has 0 amide bonds. The Bertz CT molecular complexity index is 1080. The van der Waals surface area contributed by atoms with Gasteiger partial charge in [-0.3, -0.25) is 4.79 Å². The van der Waals surface area contributed by atoms with E-state index >= 15 is 0 Å². The second kappa shape index (κ2) is 7.92. The largest absolute Gasteiger partial charge is 0.460 e. The van der Waals surface area contributed by atoms with Gasteiger partial charge < -0.3 is 9.15 Å². The van der Waals surface area contributed by atoms with Crippen molar-refractivity contribution in [3.8, 4) is 0 Å². The molecule has 0 N–H and O–H groups in total. The van der Waals surface area contributed by atoms with Gasteiger partial charge in [0, 0.05) is 21.9 Å². The van der Waals surface area contributed by atoms with Gasteiger partial charge in [-0.15, -0.1) is 11.8 Å². The number of hydrogen-bond acceptors (Lipinski definition) is 5. The third-order valence-corrected chi connectivity index (χ3v) is 5.15. The van der Waals surface area contributed by atoms with Gasteiger partial charge in [0.25, 0.3) is 0 Å². The molecule has 1 aromatic heterocycles. The van der Waals surface area contributed by atoms with E-state index < -0.39 is 23.2 Å². The zero-order valence-electron chi connectivity index (χ0n) is 14.7. The van der Waals surface area contributed by atoms with Gasteiger partial charge in [-0.05, 0) is 43.2 Å². The van der Waals surface area contributed by atoms with Crippen molar-refractivity contribution >= 4 is 28.7 Å². The van der Waals surface area contributed by atoms with Crippen LogP contribution in [0.5, 0.6) is 0 Å². The fourth-order valence-corrected chi connectivity index (χ4v) is 3.33. The summed E-state index contributed by atoms with van der Waals surface area (Å²) in [5, 5.41) is 0.689. The van der Waals surface area contributed by atoms with Crippen molar-refractivity contribution in [1.82, 2.24) is 0 Å². The Morgan fingerprint density at radius 2 is 1.93 bits per heavy atom. The summed E-state index contributed by atoms with van der Waals surface area (Å²) in [6.45, 7) is 3.64. The standard InChI is InChI=1S/C20H16F2O4S/c1-11-3-5-15-13(7-18(23)26-20(15)12(11)2)9-25-19(24)10-27-17-8-14(21)4-6-16(17)22/h3-8H,9-10H2,1-2H3. The van der Waals surface area contributed by atoms with E-state index in [-0.39, 0.29) is 17.3 Å². The summed E-state index contributed by atoms with van der Waals surface area (Å²) in [5.41, 5.74) is 2.28. The summed E-state index contributed by atoms with van der Waals surface area (Å²) in [4.78, 5) is 23.8. The van der Waals surface area contributed by atoms with Gasteiger partial charge in [-0.2, -0.15) is 0 Å². The normalized spacial score (nSPS) is 11.0. The lowest BCUT2D eigenvalue weighted by Gasteiger charge is -2.10. The highest BCUT2D eigenvalue weighted by molar-refractivity contribution is 8.00. The first-order chi connectivity index (χ1) is 12.8. The summed E-state index contributed by atoms with van der Waals surface area (Å²) in [5.74, 6) is -1.97. The number of fused-ring (bicyclic) bond motifs is 1. The van der Waals surface area contributed by atoms with E-state index in [0.29, 0.717) is 16.5 Å². The molecule has 3 aromatic rings. The average molecular weight is 390 g/mol. The number of ether oxygens (including phenoxy) is 1. The molecule has 0 bridgehead atoms. The Kier molecular flexibility index (Phi) is 5.60. The average Bonchev–Trinajstić information content (AvgIpc) is 2.63. The first-order valence-corrected chi connectivity index (χ1v) is 9.10. The number of carbonyl (C=O) groups excluding carboxylic acids is 1. The molecule has 0 aliphatic carbocycles. The molecule has 1 heterocycles. The molecule has 0 saturated carbocycles. The number of aryl methyl sites for hydroxylation is 2. The van der Waals surface area contributed by atoms with Gasteiger partial charge in [-0.25, -0.2) is 13.6 Å². The molecule has 0 aliphatic rings. The Balaban J connectivity index is 1.71. The van der Waals surface area contributed by atoms with E-state index in [4.69, 9.17) is 9.15 Å². The van der Waals surface area contributed by atoms with E-state index in [1.54, 1.807) is 6.07 Å². The number of benzene rings is 2. The Hall–Kier alpha value is -2.67. The number of hydrogen-bond donors (Lipinski definition) is 0. The number of esters is 1. The lowest BCUT2D eigenvalue weighted by molar-refractivity contribution is -0.141. The Morgan fingerprint density at radius 1 is 1.15 bits per heavy atom. The first-order valence-electron chi connectivity index (χ1n) is 8.11. The van der Waals surface area contributed by atoms with Crippen LogP contribution in [0.2, 0.25) is 0 Å². The van der Waals surface area contributed by atoms with Crippen LogP contribution in [0.1, 0.15) is 16.7 Å². The summed E-state index contributed by atoms with van der Waals surface area (Å²) in [7, 11) is 0. The van der Waals surface area contributed by atoms with Crippen molar-refractivity contribution in [2.75, 3.05) is 5.75 Å². The lowest BCUT2D eigenvalue weighted by atomic mass is 10.0. The summed E-state index contributed by atoms with van der Waals surface area (Å²) in [6, 6.07) is 8.01. The predicted molar refractivity (Wildman–Crippen MR) is 98.8 cm³/mol. The maximum atomic E-state index is 13.6. The van der Waals surface area contributed by atoms with Crippen LogP contribution in [0.15, 0.2) is 50.5 Å². The van der Waals surface area contributed by atoms with Crippen molar-refractivity contribution in [3.63, 3.8) is 0 Å². The summed E-state index contributed by atoms with van der Waals surface area (Å²) < 4.78 is 37.2. The van der Waals surface area contributed by atoms with E-state index in [9.17, 15) is 18.4 Å². The predicted octanol–water partition coefficient (Wildman–Crippen LogP) is 4.52. The topological polar surface area (TPSA) is 56.5 Å². The van der Waals surface area contributed by atoms with Gasteiger partial charge in [0.1, 0.15) is 23.8 Å². The highest BCUT2D eigenvalue weighted by Crippen LogP contribution is 2.25. The fourth-order valence-electron chi connectivity index (χ4n) is 2.57. The first kappa shape index (κ1) is 19.1. The highest BCUT2D eigenvalue weighted by Gasteiger charge is 2.13. The molecule has 0 radical (unpaired) electrons. The molecule has 0 fully saturated rings. The third-order valence-electron chi connectivity index (χ3n) is 4.14. The second-order valence-corrected chi connectivity index (χ2v) is 7.02. The minimum absolute atomic E-state index is 0.0313. The summed E-state index contributed by atoms with van der Waals surface area (Å²) in [6.07, 6.45) is 0. The van der Waals surface area contributed by atoms with E-state index in [0.717, 1.165) is 41.1 Å². The van der Waals surface area contributed by atoms with Gasteiger partial charge in [0.05, 0.1) is 5.75 Å². The molecule has 27 heavy (non-hydrogen) atoms. The molecule has 2 aromatic carbocycles. The molecule has 140 valence electrons. The number of rotatable bonds is 5. The van der Waals surface area contributed by atoms with Crippen molar-refractivity contribution in [2.45, 2.75) is 25.3 Å². The van der Waals surface area contributed by atoms with Crippen LogP contribution in [-0.2, 0) is 16.1 Å². The lowest BCUT2D eigenvalue weighted by Crippen LogP contribution is -2.10. The van der Waals surface area contributed by atoms with Crippen molar-refractivity contribution in [2.24, 2.45) is 0 Å². The Morgan fingerprint density at radius 3 is 2.70 bits per heavy atom. The van der Waals surface area contributed by atoms with Crippen LogP contribution in [-0.4, -0.2) is 11.7 Å². The minimum atomic E-state index is -0.605. The number of thioether (sulfide) groups is 1.